The Kier molecular flexibility index (Phi) is 5.27. The second kappa shape index (κ2) is 7.88. The molecule has 0 fully saturated rings. The minimum absolute atomic E-state index is 0.121. The molecule has 2 heterocycles. The molecule has 30 heavy (non-hydrogen) atoms. The van der Waals surface area contributed by atoms with E-state index in [1.807, 2.05) is 11.4 Å². The van der Waals surface area contributed by atoms with Crippen molar-refractivity contribution in [3.63, 3.8) is 0 Å². The van der Waals surface area contributed by atoms with E-state index in [4.69, 9.17) is 0 Å². The summed E-state index contributed by atoms with van der Waals surface area (Å²) in [5, 5.41) is 12.8. The molecule has 0 radical (unpaired) electrons. The molecule has 3 aromatic rings. The van der Waals surface area contributed by atoms with Crippen molar-refractivity contribution in [3.8, 4) is 0 Å². The number of non-ortho nitro benzene ring substituents is 1. The number of rotatable bonds is 5. The highest BCUT2D eigenvalue weighted by Crippen LogP contribution is 2.32. The minimum Gasteiger partial charge on any atom is -0.307 e. The maximum absolute atomic E-state index is 12.9. The van der Waals surface area contributed by atoms with Crippen LogP contribution in [0.1, 0.15) is 21.7 Å². The first-order valence-corrected chi connectivity index (χ1v) is 11.5. The number of carbonyl (C=O) groups is 1. The highest BCUT2D eigenvalue weighted by molar-refractivity contribution is 7.92. The molecule has 0 saturated carbocycles. The topological polar surface area (TPSA) is 110 Å². The summed E-state index contributed by atoms with van der Waals surface area (Å²) in [6.45, 7) is 0.546. The molecule has 10 heteroatoms. The van der Waals surface area contributed by atoms with Crippen molar-refractivity contribution in [2.75, 3.05) is 16.2 Å². The maximum Gasteiger partial charge on any atom is 0.270 e. The zero-order chi connectivity index (χ0) is 21.3. The molecule has 1 N–H and O–H groups in total. The molecule has 0 unspecified atom stereocenters. The summed E-state index contributed by atoms with van der Waals surface area (Å²) >= 11 is 1.36. The van der Waals surface area contributed by atoms with E-state index in [0.29, 0.717) is 17.1 Å². The normalized spacial score (nSPS) is 13.5. The van der Waals surface area contributed by atoms with Crippen molar-refractivity contribution in [1.29, 1.82) is 0 Å². The Balaban J connectivity index is 1.65. The number of carbonyl (C=O) groups excluding carboxylic acids is 1. The number of thiophene rings is 1. The van der Waals surface area contributed by atoms with Crippen molar-refractivity contribution in [2.45, 2.75) is 17.7 Å². The summed E-state index contributed by atoms with van der Waals surface area (Å²) in [5.74, 6) is -0.121. The van der Waals surface area contributed by atoms with Crippen molar-refractivity contribution in [2.24, 2.45) is 0 Å². The largest absolute Gasteiger partial charge is 0.307 e. The van der Waals surface area contributed by atoms with Gasteiger partial charge in [0, 0.05) is 24.4 Å². The number of hydrogen-bond acceptors (Lipinski definition) is 6. The lowest BCUT2D eigenvalue weighted by molar-refractivity contribution is -0.385. The third-order valence-electron chi connectivity index (χ3n) is 4.77. The predicted molar refractivity (Wildman–Crippen MR) is 115 cm³/mol. The van der Waals surface area contributed by atoms with Gasteiger partial charge < -0.3 is 4.90 Å². The van der Waals surface area contributed by atoms with E-state index in [1.165, 1.54) is 29.5 Å². The summed E-state index contributed by atoms with van der Waals surface area (Å²) in [7, 11) is -4.03. The van der Waals surface area contributed by atoms with Crippen LogP contribution in [-0.4, -0.2) is 25.8 Å². The lowest BCUT2D eigenvalue weighted by Gasteiger charge is -2.29. The number of hydrogen-bond donors (Lipinski definition) is 1. The van der Waals surface area contributed by atoms with Crippen LogP contribution in [-0.2, 0) is 16.4 Å². The molecule has 2 aromatic carbocycles. The quantitative estimate of drug-likeness (QED) is 0.473. The molecule has 0 aliphatic carbocycles. The number of nitrogens with one attached hydrogen (secondary N) is 1. The molecule has 0 saturated heterocycles. The zero-order valence-electron chi connectivity index (χ0n) is 15.6. The minimum atomic E-state index is -4.03. The average Bonchev–Trinajstić information content (AvgIpc) is 3.27. The number of aryl methyl sites for hydroxylation is 1. The van der Waals surface area contributed by atoms with Crippen molar-refractivity contribution in [3.05, 3.63) is 80.5 Å². The van der Waals surface area contributed by atoms with Crippen molar-refractivity contribution in [1.82, 2.24) is 0 Å². The van der Waals surface area contributed by atoms with Crippen LogP contribution in [0.3, 0.4) is 0 Å². The van der Waals surface area contributed by atoms with Gasteiger partial charge in [-0.2, -0.15) is 0 Å². The van der Waals surface area contributed by atoms with E-state index >= 15 is 0 Å². The number of anilines is 2. The van der Waals surface area contributed by atoms with Crippen LogP contribution in [0.5, 0.6) is 0 Å². The summed E-state index contributed by atoms with van der Waals surface area (Å²) in [6, 6.07) is 13.5. The maximum atomic E-state index is 12.9. The van der Waals surface area contributed by atoms with Crippen molar-refractivity contribution >= 4 is 44.3 Å². The number of fused-ring (bicyclic) bond motifs is 1. The number of nitro benzene ring substituents is 1. The van der Waals surface area contributed by atoms with Gasteiger partial charge in [-0.25, -0.2) is 8.42 Å². The number of nitro groups is 1. The molecular weight excluding hydrogens is 426 g/mol. The van der Waals surface area contributed by atoms with Gasteiger partial charge in [0.05, 0.1) is 20.4 Å². The van der Waals surface area contributed by atoms with Gasteiger partial charge in [0.1, 0.15) is 0 Å². The second-order valence-electron chi connectivity index (χ2n) is 6.74. The summed E-state index contributed by atoms with van der Waals surface area (Å²) < 4.78 is 27.9. The van der Waals surface area contributed by atoms with Crippen LogP contribution in [0.15, 0.2) is 64.9 Å². The fraction of sp³-hybridized carbons (Fsp3) is 0.150. The number of sulfonamides is 1. The Labute approximate surface area is 177 Å². The fourth-order valence-corrected chi connectivity index (χ4v) is 5.12. The first-order valence-electron chi connectivity index (χ1n) is 9.11. The van der Waals surface area contributed by atoms with Gasteiger partial charge in [-0.05, 0) is 48.1 Å². The second-order valence-corrected chi connectivity index (χ2v) is 9.37. The summed E-state index contributed by atoms with van der Waals surface area (Å²) in [6.07, 6.45) is 1.62. The van der Waals surface area contributed by atoms with Crippen LogP contribution in [0.2, 0.25) is 0 Å². The number of nitrogens with zero attached hydrogens (tertiary/aromatic N) is 2. The van der Waals surface area contributed by atoms with Gasteiger partial charge >= 0.3 is 0 Å². The summed E-state index contributed by atoms with van der Waals surface area (Å²) in [4.78, 5) is 25.3. The number of amides is 1. The van der Waals surface area contributed by atoms with Crippen LogP contribution in [0.4, 0.5) is 17.1 Å². The molecule has 1 aliphatic rings. The molecule has 0 bridgehead atoms. The number of benzene rings is 2. The third-order valence-corrected chi connectivity index (χ3v) is 7.01. The van der Waals surface area contributed by atoms with Gasteiger partial charge in [0.25, 0.3) is 21.6 Å². The van der Waals surface area contributed by atoms with Crippen LogP contribution >= 0.6 is 11.3 Å². The summed E-state index contributed by atoms with van der Waals surface area (Å²) in [5.41, 5.74) is 1.60. The van der Waals surface area contributed by atoms with E-state index < -0.39 is 14.9 Å². The molecule has 4 rings (SSSR count). The first kappa shape index (κ1) is 20.0. The molecule has 1 amide bonds. The predicted octanol–water partition coefficient (Wildman–Crippen LogP) is 4.05. The van der Waals surface area contributed by atoms with E-state index in [2.05, 4.69) is 4.72 Å². The molecule has 8 nitrogen and oxygen atoms in total. The Hall–Kier alpha value is -3.24. The van der Waals surface area contributed by atoms with E-state index in [0.717, 1.165) is 24.5 Å². The molecular formula is C20H17N3O5S2. The standard InChI is InChI=1S/C20H17N3O5S2/c24-20(19-7-3-11-29-19)22-10-2-4-14-8-9-15(12-18(14)22)21-30(27,28)17-6-1-5-16(13-17)23(25)26/h1,3,5-9,11-13,21H,2,4,10H2. The zero-order valence-corrected chi connectivity index (χ0v) is 17.3. The van der Waals surface area contributed by atoms with Crippen LogP contribution < -0.4 is 9.62 Å². The SMILES string of the molecule is O=C(c1cccs1)N1CCCc2ccc(NS(=O)(=O)c3cccc([N+](=O)[O-])c3)cc21. The van der Waals surface area contributed by atoms with Gasteiger partial charge in [-0.15, -0.1) is 11.3 Å². The van der Waals surface area contributed by atoms with Gasteiger partial charge in [-0.1, -0.05) is 18.2 Å². The lowest BCUT2D eigenvalue weighted by Crippen LogP contribution is -2.35. The highest BCUT2D eigenvalue weighted by Gasteiger charge is 2.25. The average molecular weight is 444 g/mol. The molecule has 1 aromatic heterocycles. The van der Waals surface area contributed by atoms with Gasteiger partial charge in [-0.3, -0.25) is 19.6 Å². The van der Waals surface area contributed by atoms with Gasteiger partial charge in [0.2, 0.25) is 0 Å². The van der Waals surface area contributed by atoms with Crippen LogP contribution in [0, 0.1) is 10.1 Å². The van der Waals surface area contributed by atoms with E-state index in [9.17, 15) is 23.3 Å². The molecule has 0 atom stereocenters. The molecule has 154 valence electrons. The van der Waals surface area contributed by atoms with Crippen LogP contribution in [0.25, 0.3) is 0 Å². The Morgan fingerprint density at radius 1 is 1.13 bits per heavy atom. The fourth-order valence-electron chi connectivity index (χ4n) is 3.36. The lowest BCUT2D eigenvalue weighted by atomic mass is 10.0. The first-order chi connectivity index (χ1) is 14.3. The Morgan fingerprint density at radius 2 is 1.97 bits per heavy atom. The van der Waals surface area contributed by atoms with E-state index in [1.54, 1.807) is 29.2 Å². The monoisotopic (exact) mass is 443 g/mol. The molecule has 1 aliphatic heterocycles. The molecule has 0 spiro atoms. The van der Waals surface area contributed by atoms with E-state index in [-0.39, 0.29) is 22.2 Å². The highest BCUT2D eigenvalue weighted by atomic mass is 32.2. The van der Waals surface area contributed by atoms with Gasteiger partial charge in [0.15, 0.2) is 0 Å². The Morgan fingerprint density at radius 3 is 2.70 bits per heavy atom. The smallest absolute Gasteiger partial charge is 0.270 e. The Bertz CT molecular complexity index is 1220. The third kappa shape index (κ3) is 3.91. The van der Waals surface area contributed by atoms with Crippen molar-refractivity contribution < 1.29 is 18.1 Å².